The highest BCUT2D eigenvalue weighted by Gasteiger charge is 2.29. The predicted molar refractivity (Wildman–Crippen MR) is 165 cm³/mol. The van der Waals surface area contributed by atoms with E-state index in [-0.39, 0.29) is 5.92 Å². The highest BCUT2D eigenvalue weighted by atomic mass is 32.2. The summed E-state index contributed by atoms with van der Waals surface area (Å²) in [5.74, 6) is -2.87. The second-order valence-electron chi connectivity index (χ2n) is 10.8. The molecule has 1 aromatic heterocycles. The van der Waals surface area contributed by atoms with Crippen LogP contribution in [0, 0.1) is 6.92 Å². The van der Waals surface area contributed by atoms with Crippen LogP contribution in [0.3, 0.4) is 0 Å². The van der Waals surface area contributed by atoms with E-state index in [1.165, 1.54) is 25.7 Å². The van der Waals surface area contributed by atoms with Gasteiger partial charge in [-0.15, -0.1) is 0 Å². The van der Waals surface area contributed by atoms with Crippen LogP contribution < -0.4 is 4.74 Å². The molecule has 0 aliphatic carbocycles. The lowest BCUT2D eigenvalue weighted by molar-refractivity contribution is -0.159. The maximum absolute atomic E-state index is 13.8. The van der Waals surface area contributed by atoms with Gasteiger partial charge in [-0.05, 0) is 81.1 Å². The summed E-state index contributed by atoms with van der Waals surface area (Å²) in [6.07, 6.45) is 5.85. The van der Waals surface area contributed by atoms with Crippen LogP contribution >= 0.6 is 0 Å². The van der Waals surface area contributed by atoms with E-state index in [1.54, 1.807) is 24.3 Å². The van der Waals surface area contributed by atoms with E-state index in [0.29, 0.717) is 22.1 Å². The van der Waals surface area contributed by atoms with Crippen LogP contribution in [-0.4, -0.2) is 66.3 Å². The zero-order chi connectivity index (χ0) is 31.4. The lowest BCUT2D eigenvalue weighted by atomic mass is 10.1. The third kappa shape index (κ3) is 9.32. The first-order valence-electron chi connectivity index (χ1n) is 14.6. The number of aryl methyl sites for hydroxylation is 2. The Morgan fingerprint density at radius 3 is 1.95 bits per heavy atom. The summed E-state index contributed by atoms with van der Waals surface area (Å²) in [6.45, 7) is 14.5. The van der Waals surface area contributed by atoms with Crippen LogP contribution in [0.2, 0.25) is 0 Å². The molecule has 3 rings (SSSR count). The third-order valence-electron chi connectivity index (χ3n) is 7.03. The number of carboxylic acids is 2. The van der Waals surface area contributed by atoms with Gasteiger partial charge >= 0.3 is 11.9 Å². The number of nitrogens with zero attached hydrogens (tertiary/aromatic N) is 2. The van der Waals surface area contributed by atoms with Crippen molar-refractivity contribution in [2.75, 3.05) is 26.2 Å². The number of unbranched alkanes of at least 4 members (excludes halogenated alkanes) is 2. The number of benzene rings is 2. The Balaban J connectivity index is 0.000000928. The van der Waals surface area contributed by atoms with Gasteiger partial charge in [0.1, 0.15) is 10.6 Å². The molecule has 2 N–H and O–H groups in total. The minimum Gasteiger partial charge on any atom is -0.494 e. The zero-order valence-corrected chi connectivity index (χ0v) is 26.5. The van der Waals surface area contributed by atoms with E-state index >= 15 is 0 Å². The Kier molecular flexibility index (Phi) is 13.5. The summed E-state index contributed by atoms with van der Waals surface area (Å²) >= 11 is 0. The van der Waals surface area contributed by atoms with Gasteiger partial charge in [0, 0.05) is 30.2 Å². The quantitative estimate of drug-likeness (QED) is 0.163. The summed E-state index contributed by atoms with van der Waals surface area (Å²) in [7, 11) is -1.73. The Labute approximate surface area is 250 Å². The van der Waals surface area contributed by atoms with Crippen molar-refractivity contribution in [3.05, 3.63) is 53.7 Å². The van der Waals surface area contributed by atoms with Gasteiger partial charge in [0.05, 0.1) is 11.5 Å². The minimum atomic E-state index is -3.69. The van der Waals surface area contributed by atoms with Gasteiger partial charge < -0.3 is 24.4 Å². The standard InChI is InChI=1S/C30H44N2O3S.C2H2O4/c1-7-9-18-32(19-10-8-2)20-11-21-35-25-13-15-26(16-14-25)36(33,34)30-27-17-12-24(5)22-28(27)31(6)29(30)23(3)4;3-1(4)2(5)6/h12-17,22-23H,7-11,18-21H2,1-6H3;(H,3,4)(H,5,6). The number of fused-ring (bicyclic) bond motifs is 1. The van der Waals surface area contributed by atoms with Crippen molar-refractivity contribution in [3.63, 3.8) is 0 Å². The van der Waals surface area contributed by atoms with E-state index in [4.69, 9.17) is 24.5 Å². The molecule has 0 fully saturated rings. The van der Waals surface area contributed by atoms with Gasteiger partial charge in [0.15, 0.2) is 0 Å². The summed E-state index contributed by atoms with van der Waals surface area (Å²) in [6, 6.07) is 12.9. The Hall–Kier alpha value is -3.37. The lowest BCUT2D eigenvalue weighted by Crippen LogP contribution is -2.28. The molecule has 0 amide bonds. The molecule has 0 aliphatic heterocycles. The Morgan fingerprint density at radius 2 is 1.45 bits per heavy atom. The summed E-state index contributed by atoms with van der Waals surface area (Å²) in [5, 5.41) is 15.6. The molecule has 0 atom stereocenters. The van der Waals surface area contributed by atoms with E-state index in [9.17, 15) is 8.42 Å². The predicted octanol–water partition coefficient (Wildman–Crippen LogP) is 6.27. The first kappa shape index (κ1) is 34.8. The van der Waals surface area contributed by atoms with Gasteiger partial charge in [-0.2, -0.15) is 0 Å². The molecule has 0 saturated carbocycles. The molecule has 0 saturated heterocycles. The van der Waals surface area contributed by atoms with Crippen molar-refractivity contribution >= 4 is 32.7 Å². The first-order valence-corrected chi connectivity index (χ1v) is 16.1. The normalized spacial score (nSPS) is 11.5. The van der Waals surface area contributed by atoms with Crippen LogP contribution in [0.5, 0.6) is 5.75 Å². The fourth-order valence-electron chi connectivity index (χ4n) is 4.87. The molecule has 0 bridgehead atoms. The van der Waals surface area contributed by atoms with Crippen LogP contribution in [0.4, 0.5) is 0 Å². The first-order chi connectivity index (χ1) is 19.8. The van der Waals surface area contributed by atoms with E-state index in [0.717, 1.165) is 48.2 Å². The molecule has 3 aromatic rings. The molecule has 0 unspecified atom stereocenters. The minimum absolute atomic E-state index is 0.0734. The van der Waals surface area contributed by atoms with Gasteiger partial charge in [0.2, 0.25) is 9.84 Å². The molecule has 1 heterocycles. The average Bonchev–Trinajstić information content (AvgIpc) is 3.25. The Morgan fingerprint density at radius 1 is 0.905 bits per heavy atom. The molecular formula is C32H46N2O7S. The number of hydrogen-bond donors (Lipinski definition) is 2. The van der Waals surface area contributed by atoms with Crippen molar-refractivity contribution in [3.8, 4) is 5.75 Å². The van der Waals surface area contributed by atoms with Crippen LogP contribution in [0.1, 0.15) is 77.0 Å². The number of ether oxygens (including phenoxy) is 1. The molecule has 0 spiro atoms. The van der Waals surface area contributed by atoms with Crippen molar-refractivity contribution < 1.29 is 33.0 Å². The van der Waals surface area contributed by atoms with Crippen molar-refractivity contribution in [2.45, 2.75) is 82.4 Å². The fraction of sp³-hybridized carbons (Fsp3) is 0.500. The molecule has 9 nitrogen and oxygen atoms in total. The number of carbonyl (C=O) groups is 2. The Bertz CT molecular complexity index is 1410. The molecule has 10 heteroatoms. The monoisotopic (exact) mass is 602 g/mol. The molecule has 42 heavy (non-hydrogen) atoms. The highest BCUT2D eigenvalue weighted by Crippen LogP contribution is 2.37. The lowest BCUT2D eigenvalue weighted by Gasteiger charge is -2.21. The molecule has 0 radical (unpaired) electrons. The molecule has 0 aliphatic rings. The second kappa shape index (κ2) is 16.3. The number of carboxylic acid groups (broad SMARTS) is 2. The van der Waals surface area contributed by atoms with Gasteiger partial charge in [-0.25, -0.2) is 18.0 Å². The second-order valence-corrected chi connectivity index (χ2v) is 12.7. The number of hydrogen-bond acceptors (Lipinski definition) is 6. The average molecular weight is 603 g/mol. The number of rotatable bonds is 14. The summed E-state index contributed by atoms with van der Waals surface area (Å²) in [4.78, 5) is 21.5. The molecule has 232 valence electrons. The third-order valence-corrected chi connectivity index (χ3v) is 8.89. The largest absolute Gasteiger partial charge is 0.494 e. The number of aliphatic carboxylic acids is 2. The van der Waals surface area contributed by atoms with Crippen molar-refractivity contribution in [2.24, 2.45) is 7.05 Å². The molecule has 2 aromatic carbocycles. The van der Waals surface area contributed by atoms with Crippen LogP contribution in [0.25, 0.3) is 10.9 Å². The maximum atomic E-state index is 13.8. The summed E-state index contributed by atoms with van der Waals surface area (Å²) < 4.78 is 35.7. The van der Waals surface area contributed by atoms with Crippen LogP contribution in [0.15, 0.2) is 52.3 Å². The van der Waals surface area contributed by atoms with Gasteiger partial charge in [-0.3, -0.25) is 0 Å². The smallest absolute Gasteiger partial charge is 0.414 e. The fourth-order valence-corrected chi connectivity index (χ4v) is 6.71. The highest BCUT2D eigenvalue weighted by molar-refractivity contribution is 7.91. The van der Waals surface area contributed by atoms with Crippen molar-refractivity contribution in [1.82, 2.24) is 9.47 Å². The van der Waals surface area contributed by atoms with E-state index in [1.807, 2.05) is 44.5 Å². The van der Waals surface area contributed by atoms with E-state index < -0.39 is 21.8 Å². The number of sulfone groups is 1. The SMILES string of the molecule is CCCCN(CCCC)CCCOc1ccc(S(=O)(=O)c2c(C(C)C)n(C)c3cc(C)ccc23)cc1.O=C(O)C(=O)O. The number of aromatic nitrogens is 1. The van der Waals surface area contributed by atoms with Crippen molar-refractivity contribution in [1.29, 1.82) is 0 Å². The van der Waals surface area contributed by atoms with Crippen LogP contribution in [-0.2, 0) is 26.5 Å². The van der Waals surface area contributed by atoms with Gasteiger partial charge in [-0.1, -0.05) is 52.7 Å². The summed E-state index contributed by atoms with van der Waals surface area (Å²) in [5.41, 5.74) is 2.90. The topological polar surface area (TPSA) is 126 Å². The maximum Gasteiger partial charge on any atom is 0.414 e. The zero-order valence-electron chi connectivity index (χ0n) is 25.7. The molecular weight excluding hydrogens is 556 g/mol. The van der Waals surface area contributed by atoms with E-state index in [2.05, 4.69) is 24.8 Å². The van der Waals surface area contributed by atoms with Gasteiger partial charge in [0.25, 0.3) is 0 Å².